The number of hydrogen-bond acceptors (Lipinski definition) is 2. The van der Waals surface area contributed by atoms with Gasteiger partial charge in [0.15, 0.2) is 0 Å². The number of aryl methyl sites for hydroxylation is 3. The normalized spacial score (nSPS) is 11.1. The summed E-state index contributed by atoms with van der Waals surface area (Å²) in [5.74, 6) is 1.03. The van der Waals surface area contributed by atoms with E-state index in [1.54, 1.807) is 0 Å². The Balaban J connectivity index is 1.83. The topological polar surface area (TPSA) is 54.7 Å². The van der Waals surface area contributed by atoms with Gasteiger partial charge in [0.1, 0.15) is 5.82 Å². The Kier molecular flexibility index (Phi) is 3.52. The molecule has 0 aliphatic carbocycles. The molecule has 0 aliphatic rings. The Morgan fingerprint density at radius 1 is 1.00 bits per heavy atom. The number of benzene rings is 2. The number of aromatic amines is 1. The minimum atomic E-state index is 0.527. The van der Waals surface area contributed by atoms with E-state index in [4.69, 9.17) is 10.7 Å². The molecule has 1 aromatic heterocycles. The summed E-state index contributed by atoms with van der Waals surface area (Å²) >= 11 is 0. The number of nitrogens with zero attached hydrogens (tertiary/aromatic N) is 1. The van der Waals surface area contributed by atoms with Crippen molar-refractivity contribution in [2.45, 2.75) is 26.3 Å². The van der Waals surface area contributed by atoms with Gasteiger partial charge in [0.05, 0.1) is 11.0 Å². The quantitative estimate of drug-likeness (QED) is 0.761. The van der Waals surface area contributed by atoms with Gasteiger partial charge in [-0.2, -0.15) is 0 Å². The van der Waals surface area contributed by atoms with Crippen LogP contribution in [0.5, 0.6) is 0 Å². The molecule has 0 saturated carbocycles. The van der Waals surface area contributed by atoms with E-state index >= 15 is 0 Å². The van der Waals surface area contributed by atoms with Crippen molar-refractivity contribution in [3.63, 3.8) is 0 Å². The molecular formula is C17H19N3. The van der Waals surface area contributed by atoms with Crippen LogP contribution in [0.15, 0.2) is 42.5 Å². The highest BCUT2D eigenvalue weighted by atomic mass is 14.9. The lowest BCUT2D eigenvalue weighted by molar-refractivity contribution is 0.883. The third-order valence-corrected chi connectivity index (χ3v) is 3.76. The van der Waals surface area contributed by atoms with Crippen molar-refractivity contribution in [3.05, 3.63) is 65.0 Å². The molecule has 3 N–H and O–H groups in total. The lowest BCUT2D eigenvalue weighted by Gasteiger charge is -2.03. The van der Waals surface area contributed by atoms with Crippen LogP contribution >= 0.6 is 0 Å². The van der Waals surface area contributed by atoms with E-state index in [-0.39, 0.29) is 0 Å². The minimum Gasteiger partial charge on any atom is -0.342 e. The summed E-state index contributed by atoms with van der Waals surface area (Å²) in [6.45, 7) is 2.68. The summed E-state index contributed by atoms with van der Waals surface area (Å²) < 4.78 is 0. The first kappa shape index (κ1) is 12.9. The maximum atomic E-state index is 5.76. The first-order valence-corrected chi connectivity index (χ1v) is 6.99. The Labute approximate surface area is 118 Å². The molecule has 0 saturated heterocycles. The van der Waals surface area contributed by atoms with Crippen LogP contribution in [0.1, 0.15) is 22.5 Å². The summed E-state index contributed by atoms with van der Waals surface area (Å²) in [5, 5.41) is 0. The first-order valence-electron chi connectivity index (χ1n) is 6.99. The Hall–Kier alpha value is -2.13. The summed E-state index contributed by atoms with van der Waals surface area (Å²) in [5.41, 5.74) is 11.7. The number of nitrogens with one attached hydrogen (secondary N) is 1. The summed E-state index contributed by atoms with van der Waals surface area (Å²) in [4.78, 5) is 8.09. The van der Waals surface area contributed by atoms with Gasteiger partial charge < -0.3 is 10.7 Å². The van der Waals surface area contributed by atoms with Crippen LogP contribution in [0, 0.1) is 6.92 Å². The zero-order valence-corrected chi connectivity index (χ0v) is 11.7. The van der Waals surface area contributed by atoms with Gasteiger partial charge in [-0.1, -0.05) is 36.4 Å². The highest BCUT2D eigenvalue weighted by Crippen LogP contribution is 2.17. The average Bonchev–Trinajstić information content (AvgIpc) is 2.89. The van der Waals surface area contributed by atoms with E-state index in [1.807, 2.05) is 12.1 Å². The molecule has 0 atom stereocenters. The lowest BCUT2D eigenvalue weighted by Crippen LogP contribution is -1.97. The second kappa shape index (κ2) is 5.47. The highest BCUT2D eigenvalue weighted by Gasteiger charge is 2.07. The van der Waals surface area contributed by atoms with Crippen LogP contribution in [0.3, 0.4) is 0 Å². The number of fused-ring (bicyclic) bond motifs is 1. The third kappa shape index (κ3) is 2.45. The molecule has 0 spiro atoms. The second-order valence-electron chi connectivity index (χ2n) is 5.13. The van der Waals surface area contributed by atoms with Crippen molar-refractivity contribution in [2.75, 3.05) is 0 Å². The van der Waals surface area contributed by atoms with Crippen molar-refractivity contribution < 1.29 is 0 Å². The predicted octanol–water partition coefficient (Wildman–Crippen LogP) is 3.12. The van der Waals surface area contributed by atoms with Gasteiger partial charge >= 0.3 is 0 Å². The molecule has 3 heteroatoms. The number of hydrogen-bond donors (Lipinski definition) is 2. The van der Waals surface area contributed by atoms with Crippen LogP contribution in [0.25, 0.3) is 11.0 Å². The van der Waals surface area contributed by atoms with E-state index < -0.39 is 0 Å². The SMILES string of the molecule is Cc1ccccc1CCc1nc2c(CN)cccc2[nH]1. The van der Waals surface area contributed by atoms with Crippen LogP contribution in [-0.2, 0) is 19.4 Å². The van der Waals surface area contributed by atoms with Crippen molar-refractivity contribution in [1.29, 1.82) is 0 Å². The standard InChI is InChI=1S/C17H19N3/c1-12-5-2-3-6-13(12)9-10-16-19-15-8-4-7-14(11-18)17(15)20-16/h2-8H,9-11,18H2,1H3,(H,19,20). The fraction of sp³-hybridized carbons (Fsp3) is 0.235. The Morgan fingerprint density at radius 2 is 1.80 bits per heavy atom. The lowest BCUT2D eigenvalue weighted by atomic mass is 10.0. The van der Waals surface area contributed by atoms with Gasteiger partial charge in [0, 0.05) is 13.0 Å². The molecule has 0 amide bonds. The van der Waals surface area contributed by atoms with E-state index in [2.05, 4.69) is 42.2 Å². The first-order chi connectivity index (χ1) is 9.78. The number of aromatic nitrogens is 2. The number of rotatable bonds is 4. The largest absolute Gasteiger partial charge is 0.342 e. The number of para-hydroxylation sites is 1. The smallest absolute Gasteiger partial charge is 0.107 e. The van der Waals surface area contributed by atoms with E-state index in [0.717, 1.165) is 35.3 Å². The van der Waals surface area contributed by atoms with Crippen molar-refractivity contribution in [2.24, 2.45) is 5.73 Å². The molecule has 3 nitrogen and oxygen atoms in total. The molecule has 3 aromatic rings. The molecule has 2 aromatic carbocycles. The van der Waals surface area contributed by atoms with Crippen LogP contribution < -0.4 is 5.73 Å². The molecule has 0 unspecified atom stereocenters. The third-order valence-electron chi connectivity index (χ3n) is 3.76. The number of H-pyrrole nitrogens is 1. The average molecular weight is 265 g/mol. The Morgan fingerprint density at radius 3 is 2.60 bits per heavy atom. The maximum Gasteiger partial charge on any atom is 0.107 e. The van der Waals surface area contributed by atoms with Gasteiger partial charge in [-0.3, -0.25) is 0 Å². The van der Waals surface area contributed by atoms with E-state index in [9.17, 15) is 0 Å². The molecule has 0 aliphatic heterocycles. The molecule has 0 bridgehead atoms. The molecule has 20 heavy (non-hydrogen) atoms. The summed E-state index contributed by atoms with van der Waals surface area (Å²) in [6.07, 6.45) is 1.92. The van der Waals surface area contributed by atoms with Crippen LogP contribution in [-0.4, -0.2) is 9.97 Å². The molecular weight excluding hydrogens is 246 g/mol. The van der Waals surface area contributed by atoms with Gasteiger partial charge in [-0.25, -0.2) is 4.98 Å². The van der Waals surface area contributed by atoms with Crippen LogP contribution in [0.2, 0.25) is 0 Å². The molecule has 0 fully saturated rings. The van der Waals surface area contributed by atoms with Crippen molar-refractivity contribution >= 4 is 11.0 Å². The Bertz CT molecular complexity index is 728. The molecule has 1 heterocycles. The molecule has 3 rings (SSSR count). The fourth-order valence-corrected chi connectivity index (χ4v) is 2.57. The van der Waals surface area contributed by atoms with Gasteiger partial charge in [-0.15, -0.1) is 0 Å². The summed E-state index contributed by atoms with van der Waals surface area (Å²) in [6, 6.07) is 14.6. The molecule has 102 valence electrons. The highest BCUT2D eigenvalue weighted by molar-refractivity contribution is 5.78. The molecule has 0 radical (unpaired) electrons. The second-order valence-corrected chi connectivity index (χ2v) is 5.13. The van der Waals surface area contributed by atoms with Gasteiger partial charge in [0.25, 0.3) is 0 Å². The maximum absolute atomic E-state index is 5.76. The van der Waals surface area contributed by atoms with E-state index in [0.29, 0.717) is 6.54 Å². The minimum absolute atomic E-state index is 0.527. The zero-order valence-electron chi connectivity index (χ0n) is 11.7. The number of imidazole rings is 1. The van der Waals surface area contributed by atoms with Crippen molar-refractivity contribution in [1.82, 2.24) is 9.97 Å². The number of nitrogens with two attached hydrogens (primary N) is 1. The monoisotopic (exact) mass is 265 g/mol. The fourth-order valence-electron chi connectivity index (χ4n) is 2.57. The van der Waals surface area contributed by atoms with Crippen LogP contribution in [0.4, 0.5) is 0 Å². The van der Waals surface area contributed by atoms with E-state index in [1.165, 1.54) is 11.1 Å². The predicted molar refractivity (Wildman–Crippen MR) is 82.6 cm³/mol. The van der Waals surface area contributed by atoms with Crippen molar-refractivity contribution in [3.8, 4) is 0 Å². The summed E-state index contributed by atoms with van der Waals surface area (Å²) in [7, 11) is 0. The zero-order chi connectivity index (χ0) is 13.9. The van der Waals surface area contributed by atoms with Gasteiger partial charge in [-0.05, 0) is 36.1 Å². The van der Waals surface area contributed by atoms with Gasteiger partial charge in [0.2, 0.25) is 0 Å².